The SMILES string of the molecule is C[C@@H]1C[C@H](N(C)C(=O)[C@@H](N)C(C)(C)C)CCN1Cc1ccccc1. The van der Waals surface area contributed by atoms with Crippen molar-refractivity contribution in [1.29, 1.82) is 0 Å². The number of nitrogens with zero attached hydrogens (tertiary/aromatic N) is 2. The molecule has 1 amide bonds. The van der Waals surface area contributed by atoms with E-state index < -0.39 is 6.04 Å². The number of hydrogen-bond donors (Lipinski definition) is 1. The summed E-state index contributed by atoms with van der Waals surface area (Å²) in [5.74, 6) is 0.0659. The number of benzene rings is 1. The van der Waals surface area contributed by atoms with Crippen molar-refractivity contribution in [2.24, 2.45) is 11.1 Å². The monoisotopic (exact) mass is 331 g/mol. The molecule has 4 heteroatoms. The summed E-state index contributed by atoms with van der Waals surface area (Å²) in [6.45, 7) is 10.3. The van der Waals surface area contributed by atoms with Gasteiger partial charge in [-0.15, -0.1) is 0 Å². The molecule has 3 atom stereocenters. The zero-order chi connectivity index (χ0) is 17.9. The van der Waals surface area contributed by atoms with Crippen LogP contribution >= 0.6 is 0 Å². The molecule has 1 aliphatic heterocycles. The molecule has 0 saturated carbocycles. The third-order valence-corrected chi connectivity index (χ3v) is 5.31. The quantitative estimate of drug-likeness (QED) is 0.923. The van der Waals surface area contributed by atoms with Crippen LogP contribution in [-0.2, 0) is 11.3 Å². The largest absolute Gasteiger partial charge is 0.341 e. The predicted octanol–water partition coefficient (Wildman–Crippen LogP) is 2.87. The third kappa shape index (κ3) is 4.58. The van der Waals surface area contributed by atoms with Crippen LogP contribution in [0.4, 0.5) is 0 Å². The van der Waals surface area contributed by atoms with Gasteiger partial charge in [0.15, 0.2) is 0 Å². The molecule has 0 aromatic heterocycles. The van der Waals surface area contributed by atoms with Crippen molar-refractivity contribution < 1.29 is 4.79 Å². The molecule has 0 unspecified atom stereocenters. The van der Waals surface area contributed by atoms with Crippen LogP contribution in [0.1, 0.15) is 46.1 Å². The molecule has 0 spiro atoms. The molecule has 4 nitrogen and oxygen atoms in total. The van der Waals surface area contributed by atoms with E-state index in [2.05, 4.69) is 42.2 Å². The molecule has 1 aromatic carbocycles. The van der Waals surface area contributed by atoms with Crippen molar-refractivity contribution in [3.8, 4) is 0 Å². The Morgan fingerprint density at radius 3 is 2.50 bits per heavy atom. The Hall–Kier alpha value is -1.39. The van der Waals surface area contributed by atoms with E-state index in [0.29, 0.717) is 6.04 Å². The highest BCUT2D eigenvalue weighted by atomic mass is 16.2. The lowest BCUT2D eigenvalue weighted by Gasteiger charge is -2.42. The summed E-state index contributed by atoms with van der Waals surface area (Å²) in [4.78, 5) is 17.1. The first-order valence-corrected chi connectivity index (χ1v) is 9.00. The Morgan fingerprint density at radius 2 is 1.96 bits per heavy atom. The molecule has 0 bridgehead atoms. The van der Waals surface area contributed by atoms with E-state index in [-0.39, 0.29) is 17.4 Å². The molecular weight excluding hydrogens is 298 g/mol. The summed E-state index contributed by atoms with van der Waals surface area (Å²) < 4.78 is 0. The first-order valence-electron chi connectivity index (χ1n) is 9.00. The fourth-order valence-corrected chi connectivity index (χ4v) is 3.37. The zero-order valence-electron chi connectivity index (χ0n) is 15.8. The van der Waals surface area contributed by atoms with Crippen LogP contribution in [0.2, 0.25) is 0 Å². The molecule has 1 saturated heterocycles. The molecule has 2 rings (SSSR count). The van der Waals surface area contributed by atoms with Crippen molar-refractivity contribution in [3.63, 3.8) is 0 Å². The number of nitrogens with two attached hydrogens (primary N) is 1. The Morgan fingerprint density at radius 1 is 1.33 bits per heavy atom. The molecule has 134 valence electrons. The van der Waals surface area contributed by atoms with Gasteiger partial charge in [0.1, 0.15) is 0 Å². The second-order valence-electron chi connectivity index (χ2n) is 8.28. The van der Waals surface area contributed by atoms with E-state index in [9.17, 15) is 4.79 Å². The summed E-state index contributed by atoms with van der Waals surface area (Å²) in [6.07, 6.45) is 2.02. The van der Waals surface area contributed by atoms with Gasteiger partial charge in [0.25, 0.3) is 0 Å². The van der Waals surface area contributed by atoms with Crippen molar-refractivity contribution in [2.75, 3.05) is 13.6 Å². The van der Waals surface area contributed by atoms with Gasteiger partial charge in [0.2, 0.25) is 5.91 Å². The van der Waals surface area contributed by atoms with Gasteiger partial charge in [-0.2, -0.15) is 0 Å². The number of piperidine rings is 1. The van der Waals surface area contributed by atoms with Crippen LogP contribution in [0.25, 0.3) is 0 Å². The van der Waals surface area contributed by atoms with Crippen LogP contribution in [-0.4, -0.2) is 47.4 Å². The number of likely N-dealkylation sites (tertiary alicyclic amines) is 1. The predicted molar refractivity (Wildman–Crippen MR) is 99.5 cm³/mol. The summed E-state index contributed by atoms with van der Waals surface area (Å²) in [5.41, 5.74) is 7.31. The van der Waals surface area contributed by atoms with Gasteiger partial charge in [0.05, 0.1) is 6.04 Å². The maximum Gasteiger partial charge on any atom is 0.240 e. The van der Waals surface area contributed by atoms with Gasteiger partial charge in [-0.25, -0.2) is 0 Å². The minimum Gasteiger partial charge on any atom is -0.341 e. The van der Waals surface area contributed by atoms with Gasteiger partial charge in [0, 0.05) is 32.2 Å². The molecule has 1 heterocycles. The van der Waals surface area contributed by atoms with E-state index in [1.165, 1.54) is 5.56 Å². The second-order valence-corrected chi connectivity index (χ2v) is 8.28. The van der Waals surface area contributed by atoms with E-state index in [1.807, 2.05) is 32.7 Å². The van der Waals surface area contributed by atoms with E-state index in [0.717, 1.165) is 25.9 Å². The zero-order valence-corrected chi connectivity index (χ0v) is 15.8. The van der Waals surface area contributed by atoms with Crippen LogP contribution in [0.15, 0.2) is 30.3 Å². The van der Waals surface area contributed by atoms with Crippen molar-refractivity contribution in [3.05, 3.63) is 35.9 Å². The van der Waals surface area contributed by atoms with Crippen LogP contribution in [0, 0.1) is 5.41 Å². The smallest absolute Gasteiger partial charge is 0.240 e. The number of carbonyl (C=O) groups excluding carboxylic acids is 1. The van der Waals surface area contributed by atoms with E-state index >= 15 is 0 Å². The van der Waals surface area contributed by atoms with Gasteiger partial charge >= 0.3 is 0 Å². The van der Waals surface area contributed by atoms with E-state index in [1.54, 1.807) is 0 Å². The average Bonchev–Trinajstić information content (AvgIpc) is 2.54. The second kappa shape index (κ2) is 7.66. The Kier molecular flexibility index (Phi) is 6.05. The molecule has 24 heavy (non-hydrogen) atoms. The number of rotatable bonds is 4. The highest BCUT2D eigenvalue weighted by Gasteiger charge is 2.35. The Balaban J connectivity index is 1.93. The van der Waals surface area contributed by atoms with Crippen molar-refractivity contribution in [2.45, 2.75) is 65.2 Å². The summed E-state index contributed by atoms with van der Waals surface area (Å²) >= 11 is 0. The lowest BCUT2D eigenvalue weighted by molar-refractivity contribution is -0.137. The molecule has 1 aromatic rings. The summed E-state index contributed by atoms with van der Waals surface area (Å²) in [7, 11) is 1.91. The Labute approximate surface area is 147 Å². The topological polar surface area (TPSA) is 49.6 Å². The van der Waals surface area contributed by atoms with Crippen LogP contribution in [0.3, 0.4) is 0 Å². The molecule has 1 fully saturated rings. The summed E-state index contributed by atoms with van der Waals surface area (Å²) in [6, 6.07) is 10.9. The molecule has 1 aliphatic rings. The van der Waals surface area contributed by atoms with Crippen molar-refractivity contribution in [1.82, 2.24) is 9.80 Å². The minimum atomic E-state index is -0.444. The number of likely N-dealkylation sites (N-methyl/N-ethyl adjacent to an activating group) is 1. The van der Waals surface area contributed by atoms with Gasteiger partial charge < -0.3 is 10.6 Å². The van der Waals surface area contributed by atoms with Gasteiger partial charge in [-0.1, -0.05) is 51.1 Å². The Bertz CT molecular complexity index is 538. The normalized spacial score (nSPS) is 23.8. The fraction of sp³-hybridized carbons (Fsp3) is 0.650. The van der Waals surface area contributed by atoms with Crippen LogP contribution < -0.4 is 5.73 Å². The molecule has 2 N–H and O–H groups in total. The van der Waals surface area contributed by atoms with E-state index in [4.69, 9.17) is 5.73 Å². The number of carbonyl (C=O) groups is 1. The first kappa shape index (κ1) is 18.9. The standard InChI is InChI=1S/C20H33N3O/c1-15-13-17(22(5)19(24)18(21)20(2,3)4)11-12-23(15)14-16-9-7-6-8-10-16/h6-10,15,17-18H,11-14,21H2,1-5H3/t15-,17-,18-/m1/s1. The molecule has 0 aliphatic carbocycles. The fourth-order valence-electron chi connectivity index (χ4n) is 3.37. The number of amides is 1. The molecular formula is C20H33N3O. The number of hydrogen-bond acceptors (Lipinski definition) is 3. The lowest BCUT2D eigenvalue weighted by atomic mass is 9.86. The average molecular weight is 332 g/mol. The van der Waals surface area contributed by atoms with Gasteiger partial charge in [-0.05, 0) is 30.7 Å². The van der Waals surface area contributed by atoms with Crippen molar-refractivity contribution >= 4 is 5.91 Å². The maximum absolute atomic E-state index is 12.7. The van der Waals surface area contributed by atoms with Crippen LogP contribution in [0.5, 0.6) is 0 Å². The highest BCUT2D eigenvalue weighted by molar-refractivity contribution is 5.82. The molecule has 0 radical (unpaired) electrons. The maximum atomic E-state index is 12.7. The minimum absolute atomic E-state index is 0.0659. The summed E-state index contributed by atoms with van der Waals surface area (Å²) in [5, 5.41) is 0. The first-order chi connectivity index (χ1) is 11.2. The lowest BCUT2D eigenvalue weighted by Crippen LogP contribution is -2.55. The third-order valence-electron chi connectivity index (χ3n) is 5.31. The van der Waals surface area contributed by atoms with Gasteiger partial charge in [-0.3, -0.25) is 9.69 Å². The highest BCUT2D eigenvalue weighted by Crippen LogP contribution is 2.25.